The van der Waals surface area contributed by atoms with Crippen molar-refractivity contribution in [3.05, 3.63) is 66.4 Å². The average Bonchev–Trinajstić information content (AvgIpc) is 2.60. The second-order valence-corrected chi connectivity index (χ2v) is 4.88. The van der Waals surface area contributed by atoms with Crippen LogP contribution in [0.25, 0.3) is 33.2 Å². The summed E-state index contributed by atoms with van der Waals surface area (Å²) in [6, 6.07) is 12.9. The van der Waals surface area contributed by atoms with Gasteiger partial charge in [-0.15, -0.1) is 0 Å². The standard InChI is InChI=1S/C17H11N3O2/c21-20-14-8-17(22-16-4-2-1-3-13(14)16)15-7-12-9-18-6-5-11(12)10-19-15/h1-10,21H. The van der Waals surface area contributed by atoms with Crippen LogP contribution in [0.2, 0.25) is 0 Å². The number of hydrogen-bond acceptors (Lipinski definition) is 5. The molecule has 3 aromatic heterocycles. The van der Waals surface area contributed by atoms with Crippen LogP contribution >= 0.6 is 0 Å². The van der Waals surface area contributed by atoms with Crippen LogP contribution in [0.1, 0.15) is 0 Å². The number of nitrogens with zero attached hydrogens (tertiary/aromatic N) is 3. The molecule has 22 heavy (non-hydrogen) atoms. The van der Waals surface area contributed by atoms with Gasteiger partial charge in [0.2, 0.25) is 0 Å². The van der Waals surface area contributed by atoms with Crippen LogP contribution in [0.3, 0.4) is 0 Å². The Morgan fingerprint density at radius 2 is 1.91 bits per heavy atom. The molecule has 106 valence electrons. The molecule has 0 saturated heterocycles. The van der Waals surface area contributed by atoms with Gasteiger partial charge in [0, 0.05) is 40.8 Å². The van der Waals surface area contributed by atoms with E-state index in [0.717, 1.165) is 16.2 Å². The molecule has 1 N–H and O–H groups in total. The molecule has 5 heteroatoms. The lowest BCUT2D eigenvalue weighted by molar-refractivity contribution is 0.302. The third-order valence-corrected chi connectivity index (χ3v) is 3.53. The fourth-order valence-corrected chi connectivity index (χ4v) is 2.44. The molecule has 0 bridgehead atoms. The van der Waals surface area contributed by atoms with Crippen molar-refractivity contribution < 1.29 is 9.62 Å². The van der Waals surface area contributed by atoms with E-state index in [-0.39, 0.29) is 0 Å². The summed E-state index contributed by atoms with van der Waals surface area (Å²) >= 11 is 0. The normalized spacial score (nSPS) is 12.1. The first-order chi connectivity index (χ1) is 10.8. The highest BCUT2D eigenvalue weighted by atomic mass is 16.4. The topological polar surface area (TPSA) is 71.5 Å². The molecule has 0 amide bonds. The van der Waals surface area contributed by atoms with Gasteiger partial charge in [-0.2, -0.15) is 0 Å². The monoisotopic (exact) mass is 289 g/mol. The highest BCUT2D eigenvalue weighted by molar-refractivity contribution is 5.84. The Bertz CT molecular complexity index is 1050. The van der Waals surface area contributed by atoms with Gasteiger partial charge < -0.3 is 9.62 Å². The van der Waals surface area contributed by atoms with E-state index in [1.165, 1.54) is 0 Å². The van der Waals surface area contributed by atoms with E-state index < -0.39 is 0 Å². The van der Waals surface area contributed by atoms with Crippen molar-refractivity contribution in [2.45, 2.75) is 0 Å². The zero-order chi connectivity index (χ0) is 14.9. The van der Waals surface area contributed by atoms with Gasteiger partial charge >= 0.3 is 0 Å². The minimum atomic E-state index is 0.449. The largest absolute Gasteiger partial charge is 0.454 e. The van der Waals surface area contributed by atoms with Gasteiger partial charge in [0.1, 0.15) is 16.6 Å². The van der Waals surface area contributed by atoms with E-state index in [0.29, 0.717) is 22.4 Å². The summed E-state index contributed by atoms with van der Waals surface area (Å²) in [5.41, 5.74) is 1.30. The van der Waals surface area contributed by atoms with Crippen LogP contribution in [0.5, 0.6) is 0 Å². The second-order valence-electron chi connectivity index (χ2n) is 4.88. The van der Waals surface area contributed by atoms with Gasteiger partial charge in [0.15, 0.2) is 5.76 Å². The summed E-state index contributed by atoms with van der Waals surface area (Å²) in [6.45, 7) is 0. The maximum absolute atomic E-state index is 9.23. The van der Waals surface area contributed by atoms with Crippen LogP contribution in [-0.4, -0.2) is 15.2 Å². The summed E-state index contributed by atoms with van der Waals surface area (Å²) in [6.07, 6.45) is 5.28. The number of hydrogen-bond donors (Lipinski definition) is 1. The molecule has 1 aromatic carbocycles. The molecule has 4 aromatic rings. The molecule has 0 spiro atoms. The summed E-state index contributed by atoms with van der Waals surface area (Å²) < 4.78 is 5.89. The van der Waals surface area contributed by atoms with Crippen molar-refractivity contribution in [3.8, 4) is 11.5 Å². The Morgan fingerprint density at radius 1 is 1.00 bits per heavy atom. The third-order valence-electron chi connectivity index (χ3n) is 3.53. The molecule has 3 heterocycles. The van der Waals surface area contributed by atoms with Gasteiger partial charge in [-0.1, -0.05) is 17.3 Å². The molecular weight excluding hydrogens is 278 g/mol. The smallest absolute Gasteiger partial charge is 0.155 e. The highest BCUT2D eigenvalue weighted by Crippen LogP contribution is 2.23. The molecule has 4 rings (SSSR count). The van der Waals surface area contributed by atoms with E-state index in [1.54, 1.807) is 24.7 Å². The van der Waals surface area contributed by atoms with Crippen LogP contribution in [0.4, 0.5) is 0 Å². The average molecular weight is 289 g/mol. The van der Waals surface area contributed by atoms with Crippen LogP contribution in [0.15, 0.2) is 70.6 Å². The Labute approximate surface area is 125 Å². The Morgan fingerprint density at radius 3 is 2.82 bits per heavy atom. The number of fused-ring (bicyclic) bond motifs is 2. The van der Waals surface area contributed by atoms with Crippen molar-refractivity contribution in [2.24, 2.45) is 5.16 Å². The van der Waals surface area contributed by atoms with Crippen LogP contribution < -0.4 is 5.36 Å². The number of benzene rings is 1. The number of rotatable bonds is 1. The SMILES string of the molecule is ON=c1cc(-c2cc3cnccc3cn2)oc2ccccc12. The molecule has 0 radical (unpaired) electrons. The van der Waals surface area contributed by atoms with Crippen molar-refractivity contribution in [3.63, 3.8) is 0 Å². The fraction of sp³-hybridized carbons (Fsp3) is 0. The first-order valence-electron chi connectivity index (χ1n) is 6.76. The van der Waals surface area contributed by atoms with Gasteiger partial charge in [0.25, 0.3) is 0 Å². The van der Waals surface area contributed by atoms with E-state index in [2.05, 4.69) is 15.1 Å². The van der Waals surface area contributed by atoms with Crippen molar-refractivity contribution in [2.75, 3.05) is 0 Å². The number of aromatic nitrogens is 2. The lowest BCUT2D eigenvalue weighted by Gasteiger charge is -2.04. The summed E-state index contributed by atoms with van der Waals surface area (Å²) in [5.74, 6) is 0.539. The van der Waals surface area contributed by atoms with Gasteiger partial charge in [-0.25, -0.2) is 0 Å². The minimum absolute atomic E-state index is 0.449. The molecular formula is C17H11N3O2. The lowest BCUT2D eigenvalue weighted by atomic mass is 10.1. The van der Waals surface area contributed by atoms with E-state index >= 15 is 0 Å². The van der Waals surface area contributed by atoms with Gasteiger partial charge in [-0.05, 0) is 24.3 Å². The predicted octanol–water partition coefficient (Wildman–Crippen LogP) is 3.33. The molecule has 0 aliphatic rings. The zero-order valence-corrected chi connectivity index (χ0v) is 11.5. The molecule has 0 saturated carbocycles. The van der Waals surface area contributed by atoms with Crippen molar-refractivity contribution >= 4 is 21.7 Å². The zero-order valence-electron chi connectivity index (χ0n) is 11.5. The number of para-hydroxylation sites is 1. The first kappa shape index (κ1) is 12.5. The quantitative estimate of drug-likeness (QED) is 0.431. The van der Waals surface area contributed by atoms with Crippen molar-refractivity contribution in [1.82, 2.24) is 9.97 Å². The summed E-state index contributed by atoms with van der Waals surface area (Å²) in [7, 11) is 0. The summed E-state index contributed by atoms with van der Waals surface area (Å²) in [4.78, 5) is 8.53. The van der Waals surface area contributed by atoms with Gasteiger partial charge in [0.05, 0.1) is 0 Å². The first-order valence-corrected chi connectivity index (χ1v) is 6.76. The number of pyridine rings is 2. The van der Waals surface area contributed by atoms with Crippen LogP contribution in [-0.2, 0) is 0 Å². The minimum Gasteiger partial charge on any atom is -0.454 e. The predicted molar refractivity (Wildman–Crippen MR) is 82.1 cm³/mol. The molecule has 0 aliphatic carbocycles. The molecule has 0 fully saturated rings. The molecule has 0 aliphatic heterocycles. The maximum atomic E-state index is 9.23. The Hall–Kier alpha value is -3.21. The van der Waals surface area contributed by atoms with E-state index in [4.69, 9.17) is 4.42 Å². The Balaban J connectivity index is 1.99. The van der Waals surface area contributed by atoms with E-state index in [1.807, 2.05) is 36.4 Å². The molecule has 0 unspecified atom stereocenters. The highest BCUT2D eigenvalue weighted by Gasteiger charge is 2.08. The van der Waals surface area contributed by atoms with Crippen molar-refractivity contribution in [1.29, 1.82) is 0 Å². The third kappa shape index (κ3) is 2.00. The lowest BCUT2D eigenvalue weighted by Crippen LogP contribution is -2.03. The maximum Gasteiger partial charge on any atom is 0.155 e. The van der Waals surface area contributed by atoms with Gasteiger partial charge in [-0.3, -0.25) is 9.97 Å². The second kappa shape index (κ2) is 4.96. The Kier molecular flexibility index (Phi) is 2.83. The molecule has 0 atom stereocenters. The molecule has 5 nitrogen and oxygen atoms in total. The summed E-state index contributed by atoms with van der Waals surface area (Å²) in [5, 5.41) is 15.8. The fourth-order valence-electron chi connectivity index (χ4n) is 2.44. The van der Waals surface area contributed by atoms with Crippen LogP contribution in [0, 0.1) is 0 Å². The van der Waals surface area contributed by atoms with E-state index in [9.17, 15) is 5.21 Å².